The molecule has 14 heavy (non-hydrogen) atoms. The van der Waals surface area contributed by atoms with Gasteiger partial charge in [0.25, 0.3) is 5.91 Å². The molecule has 0 saturated heterocycles. The lowest BCUT2D eigenvalue weighted by Crippen LogP contribution is -2.28. The summed E-state index contributed by atoms with van der Waals surface area (Å²) < 4.78 is 0. The first kappa shape index (κ1) is 10.5. The normalized spacial score (nSPS) is 10.2. The molecule has 4 nitrogen and oxygen atoms in total. The fourth-order valence-electron chi connectivity index (χ4n) is 0.987. The summed E-state index contributed by atoms with van der Waals surface area (Å²) in [5.41, 5.74) is 6.52. The zero-order chi connectivity index (χ0) is 10.6. The largest absolute Gasteiger partial charge is 0.398 e. The van der Waals surface area contributed by atoms with Crippen molar-refractivity contribution in [2.45, 2.75) is 13.8 Å². The third kappa shape index (κ3) is 2.73. The van der Waals surface area contributed by atoms with Crippen LogP contribution < -0.4 is 11.1 Å². The van der Waals surface area contributed by atoms with E-state index >= 15 is 0 Å². The quantitative estimate of drug-likeness (QED) is 0.754. The maximum Gasteiger partial charge on any atom is 0.254 e. The molecule has 0 fully saturated rings. The third-order valence-electron chi connectivity index (χ3n) is 1.77. The van der Waals surface area contributed by atoms with Gasteiger partial charge in [-0.1, -0.05) is 13.8 Å². The summed E-state index contributed by atoms with van der Waals surface area (Å²) in [5.74, 6) is 0.265. The zero-order valence-corrected chi connectivity index (χ0v) is 8.45. The predicted molar refractivity (Wildman–Crippen MR) is 55.8 cm³/mol. The fourth-order valence-corrected chi connectivity index (χ4v) is 0.987. The molecule has 0 radical (unpaired) electrons. The Balaban J connectivity index is 2.65. The first-order chi connectivity index (χ1) is 6.61. The van der Waals surface area contributed by atoms with Gasteiger partial charge >= 0.3 is 0 Å². The minimum atomic E-state index is -0.163. The van der Waals surface area contributed by atoms with E-state index in [0.29, 0.717) is 23.7 Å². The maximum atomic E-state index is 11.5. The van der Waals surface area contributed by atoms with Crippen molar-refractivity contribution in [1.82, 2.24) is 10.3 Å². The predicted octanol–water partition coefficient (Wildman–Crippen LogP) is 1.05. The molecule has 4 heteroatoms. The average Bonchev–Trinajstić information content (AvgIpc) is 2.15. The van der Waals surface area contributed by atoms with E-state index < -0.39 is 0 Å². The van der Waals surface area contributed by atoms with Gasteiger partial charge in [0.15, 0.2) is 0 Å². The SMILES string of the molecule is CC(C)CNC(=O)c1cnccc1N. The topological polar surface area (TPSA) is 68.0 Å². The third-order valence-corrected chi connectivity index (χ3v) is 1.77. The van der Waals surface area contributed by atoms with Gasteiger partial charge in [0.05, 0.1) is 5.56 Å². The van der Waals surface area contributed by atoms with Crippen LogP contribution >= 0.6 is 0 Å². The molecule has 3 N–H and O–H groups in total. The van der Waals surface area contributed by atoms with E-state index in [2.05, 4.69) is 10.3 Å². The summed E-state index contributed by atoms with van der Waals surface area (Å²) in [4.78, 5) is 15.4. The van der Waals surface area contributed by atoms with Crippen molar-refractivity contribution in [3.05, 3.63) is 24.0 Å². The average molecular weight is 193 g/mol. The second kappa shape index (κ2) is 4.60. The Morgan fingerprint density at radius 1 is 1.64 bits per heavy atom. The number of carbonyl (C=O) groups is 1. The standard InChI is InChI=1S/C10H15N3O/c1-7(2)5-13-10(14)8-6-12-4-3-9(8)11/h3-4,6-7H,5H2,1-2H3,(H2,11,12)(H,13,14). The van der Waals surface area contributed by atoms with Crippen LogP contribution in [0.2, 0.25) is 0 Å². The first-order valence-electron chi connectivity index (χ1n) is 4.59. The molecule has 1 aromatic heterocycles. The number of nitrogen functional groups attached to an aromatic ring is 1. The molecule has 1 aromatic rings. The summed E-state index contributed by atoms with van der Waals surface area (Å²) >= 11 is 0. The number of carbonyl (C=O) groups excluding carboxylic acids is 1. The number of nitrogens with one attached hydrogen (secondary N) is 1. The molecule has 1 amide bonds. The molecule has 0 bridgehead atoms. The van der Waals surface area contributed by atoms with Gasteiger partial charge in [0, 0.05) is 24.6 Å². The molecule has 0 aliphatic rings. The van der Waals surface area contributed by atoms with Gasteiger partial charge in [-0.25, -0.2) is 0 Å². The number of rotatable bonds is 3. The van der Waals surface area contributed by atoms with E-state index in [1.165, 1.54) is 6.20 Å². The Morgan fingerprint density at radius 2 is 2.36 bits per heavy atom. The van der Waals surface area contributed by atoms with Crippen molar-refractivity contribution in [2.75, 3.05) is 12.3 Å². The van der Waals surface area contributed by atoms with E-state index in [4.69, 9.17) is 5.73 Å². The van der Waals surface area contributed by atoms with Crippen molar-refractivity contribution in [3.63, 3.8) is 0 Å². The van der Waals surface area contributed by atoms with Crippen molar-refractivity contribution in [2.24, 2.45) is 5.92 Å². The highest BCUT2D eigenvalue weighted by atomic mass is 16.1. The highest BCUT2D eigenvalue weighted by Gasteiger charge is 2.08. The number of nitrogens with zero attached hydrogens (tertiary/aromatic N) is 1. The summed E-state index contributed by atoms with van der Waals surface area (Å²) in [5, 5.41) is 2.78. The first-order valence-corrected chi connectivity index (χ1v) is 4.59. The van der Waals surface area contributed by atoms with E-state index in [-0.39, 0.29) is 5.91 Å². The molecule has 0 aromatic carbocycles. The van der Waals surface area contributed by atoms with Gasteiger partial charge in [-0.15, -0.1) is 0 Å². The molecular formula is C10H15N3O. The minimum Gasteiger partial charge on any atom is -0.398 e. The molecule has 0 spiro atoms. The Bertz CT molecular complexity index is 323. The second-order valence-corrected chi connectivity index (χ2v) is 3.57. The summed E-state index contributed by atoms with van der Waals surface area (Å²) in [6, 6.07) is 1.62. The lowest BCUT2D eigenvalue weighted by molar-refractivity contribution is 0.0949. The van der Waals surface area contributed by atoms with Crippen LogP contribution in [-0.4, -0.2) is 17.4 Å². The van der Waals surface area contributed by atoms with Crippen LogP contribution in [0, 0.1) is 5.92 Å². The maximum absolute atomic E-state index is 11.5. The van der Waals surface area contributed by atoms with Crippen LogP contribution in [0.25, 0.3) is 0 Å². The molecule has 0 aliphatic carbocycles. The van der Waals surface area contributed by atoms with Gasteiger partial charge in [-0.05, 0) is 12.0 Å². The fraction of sp³-hybridized carbons (Fsp3) is 0.400. The molecule has 1 rings (SSSR count). The van der Waals surface area contributed by atoms with Crippen LogP contribution in [0.4, 0.5) is 5.69 Å². The highest BCUT2D eigenvalue weighted by Crippen LogP contribution is 2.07. The lowest BCUT2D eigenvalue weighted by Gasteiger charge is -2.08. The highest BCUT2D eigenvalue weighted by molar-refractivity contribution is 5.98. The van der Waals surface area contributed by atoms with Gasteiger partial charge in [0.2, 0.25) is 0 Å². The minimum absolute atomic E-state index is 0.163. The molecule has 0 aliphatic heterocycles. The number of anilines is 1. The number of pyridine rings is 1. The second-order valence-electron chi connectivity index (χ2n) is 3.57. The van der Waals surface area contributed by atoms with Gasteiger partial charge in [-0.3, -0.25) is 9.78 Å². The smallest absolute Gasteiger partial charge is 0.254 e. The molecule has 0 saturated carbocycles. The van der Waals surface area contributed by atoms with Crippen LogP contribution in [0.5, 0.6) is 0 Å². The number of hydrogen-bond donors (Lipinski definition) is 2. The van der Waals surface area contributed by atoms with E-state index in [1.807, 2.05) is 13.8 Å². The Labute approximate surface area is 83.5 Å². The van der Waals surface area contributed by atoms with Gasteiger partial charge < -0.3 is 11.1 Å². The van der Waals surface area contributed by atoms with E-state index in [9.17, 15) is 4.79 Å². The molecular weight excluding hydrogens is 178 g/mol. The van der Waals surface area contributed by atoms with Crippen LogP contribution in [-0.2, 0) is 0 Å². The number of nitrogens with two attached hydrogens (primary N) is 1. The Morgan fingerprint density at radius 3 is 2.93 bits per heavy atom. The lowest BCUT2D eigenvalue weighted by atomic mass is 10.2. The summed E-state index contributed by atoms with van der Waals surface area (Å²) in [7, 11) is 0. The monoisotopic (exact) mass is 193 g/mol. The summed E-state index contributed by atoms with van der Waals surface area (Å²) in [6.45, 7) is 4.72. The molecule has 76 valence electrons. The number of hydrogen-bond acceptors (Lipinski definition) is 3. The van der Waals surface area contributed by atoms with Gasteiger partial charge in [-0.2, -0.15) is 0 Å². The van der Waals surface area contributed by atoms with Crippen molar-refractivity contribution >= 4 is 11.6 Å². The van der Waals surface area contributed by atoms with Crippen molar-refractivity contribution in [1.29, 1.82) is 0 Å². The zero-order valence-electron chi connectivity index (χ0n) is 8.45. The number of amides is 1. The van der Waals surface area contributed by atoms with E-state index in [0.717, 1.165) is 0 Å². The van der Waals surface area contributed by atoms with Crippen LogP contribution in [0.15, 0.2) is 18.5 Å². The van der Waals surface area contributed by atoms with Crippen LogP contribution in [0.1, 0.15) is 24.2 Å². The molecule has 0 atom stereocenters. The van der Waals surface area contributed by atoms with E-state index in [1.54, 1.807) is 12.3 Å². The summed E-state index contributed by atoms with van der Waals surface area (Å²) in [6.07, 6.45) is 3.04. The Hall–Kier alpha value is -1.58. The van der Waals surface area contributed by atoms with Crippen molar-refractivity contribution in [3.8, 4) is 0 Å². The Kier molecular flexibility index (Phi) is 3.45. The van der Waals surface area contributed by atoms with Gasteiger partial charge in [0.1, 0.15) is 0 Å². The van der Waals surface area contributed by atoms with Crippen molar-refractivity contribution < 1.29 is 4.79 Å². The molecule has 1 heterocycles. The molecule has 0 unspecified atom stereocenters. The van der Waals surface area contributed by atoms with Crippen LogP contribution in [0.3, 0.4) is 0 Å². The number of aromatic nitrogens is 1.